The first-order valence-corrected chi connectivity index (χ1v) is 14.8. The minimum atomic E-state index is -3.99. The van der Waals surface area contributed by atoms with Gasteiger partial charge in [-0.15, -0.1) is 0 Å². The molecule has 1 aromatic heterocycles. The lowest BCUT2D eigenvalue weighted by molar-refractivity contribution is 0.0266. The lowest BCUT2D eigenvalue weighted by Crippen LogP contribution is -2.37. The Morgan fingerprint density at radius 1 is 1.24 bits per heavy atom. The highest BCUT2D eigenvalue weighted by molar-refractivity contribution is 7.90. The zero-order chi connectivity index (χ0) is 30.6. The number of anilines is 1. The molecule has 2 aliphatic rings. The summed E-state index contributed by atoms with van der Waals surface area (Å²) in [5.41, 5.74) is -1.03. The Kier molecular flexibility index (Phi) is 7.36. The molecule has 2 unspecified atom stereocenters. The van der Waals surface area contributed by atoms with E-state index in [1.807, 2.05) is 20.8 Å². The van der Waals surface area contributed by atoms with Crippen molar-refractivity contribution in [2.75, 3.05) is 31.4 Å². The second kappa shape index (κ2) is 10.6. The van der Waals surface area contributed by atoms with E-state index in [4.69, 9.17) is 9.47 Å². The summed E-state index contributed by atoms with van der Waals surface area (Å²) in [4.78, 5) is 32.0. The molecule has 222 valence electrons. The van der Waals surface area contributed by atoms with Gasteiger partial charge >= 0.3 is 16.3 Å². The molecule has 2 atom stereocenters. The van der Waals surface area contributed by atoms with Crippen molar-refractivity contribution in [1.29, 1.82) is 5.26 Å². The number of rotatable bonds is 7. The summed E-state index contributed by atoms with van der Waals surface area (Å²) < 4.78 is 55.9. The predicted molar refractivity (Wildman–Crippen MR) is 152 cm³/mol. The molecule has 1 saturated carbocycles. The smallest absolute Gasteiger partial charge is 0.410 e. The van der Waals surface area contributed by atoms with Crippen molar-refractivity contribution in [3.63, 3.8) is 0 Å². The molecule has 0 spiro atoms. The number of halogens is 1. The summed E-state index contributed by atoms with van der Waals surface area (Å²) in [5.74, 6) is -1.12. The standard InChI is InChI=1S/C28H31FN6O6S/c1-6-33(5)42(38,39)32-23-10-8-21(29)25(18(23)12-30)40-16-7-9-22-17(11-16)26(36)35(15-31-22)24-19-13-34(14-20(19)24)27(37)41-28(2,3)4/h7-11,15,19-20,24,32H,6,13-14H2,1-5H3. The van der Waals surface area contributed by atoms with Crippen molar-refractivity contribution in [1.82, 2.24) is 18.8 Å². The Morgan fingerprint density at radius 3 is 2.55 bits per heavy atom. The molecule has 42 heavy (non-hydrogen) atoms. The molecule has 1 aliphatic heterocycles. The number of carbonyl (C=O) groups excluding carboxylic acids is 1. The van der Waals surface area contributed by atoms with Gasteiger partial charge in [-0.1, -0.05) is 6.92 Å². The zero-order valence-corrected chi connectivity index (χ0v) is 24.6. The van der Waals surface area contributed by atoms with Gasteiger partial charge in [-0.3, -0.25) is 14.1 Å². The van der Waals surface area contributed by atoms with E-state index in [1.54, 1.807) is 28.5 Å². The molecule has 12 nitrogen and oxygen atoms in total. The second-order valence-electron chi connectivity index (χ2n) is 11.4. The van der Waals surface area contributed by atoms with Crippen molar-refractivity contribution in [2.24, 2.45) is 11.8 Å². The molecule has 3 aromatic rings. The van der Waals surface area contributed by atoms with Gasteiger partial charge in [0.2, 0.25) is 0 Å². The highest BCUT2D eigenvalue weighted by Crippen LogP contribution is 2.54. The number of nitrogens with one attached hydrogen (secondary N) is 1. The summed E-state index contributed by atoms with van der Waals surface area (Å²) in [5, 5.41) is 9.99. The topological polar surface area (TPSA) is 147 Å². The van der Waals surface area contributed by atoms with Crippen molar-refractivity contribution >= 4 is 32.9 Å². The summed E-state index contributed by atoms with van der Waals surface area (Å²) in [6.07, 6.45) is 1.11. The van der Waals surface area contributed by atoms with Gasteiger partial charge in [0, 0.05) is 44.6 Å². The molecule has 1 amide bonds. The second-order valence-corrected chi connectivity index (χ2v) is 13.2. The third kappa shape index (κ3) is 5.49. The monoisotopic (exact) mass is 598 g/mol. The molecule has 1 saturated heterocycles. The molecule has 14 heteroatoms. The first-order valence-electron chi connectivity index (χ1n) is 13.4. The van der Waals surface area contributed by atoms with E-state index in [9.17, 15) is 27.7 Å². The predicted octanol–water partition coefficient (Wildman–Crippen LogP) is 3.85. The van der Waals surface area contributed by atoms with Crippen molar-refractivity contribution in [3.05, 3.63) is 58.4 Å². The van der Waals surface area contributed by atoms with Crippen LogP contribution in [-0.2, 0) is 14.9 Å². The molecular weight excluding hydrogens is 567 g/mol. The largest absolute Gasteiger partial charge is 0.453 e. The maximum Gasteiger partial charge on any atom is 0.410 e. The number of amides is 1. The Bertz CT molecular complexity index is 1770. The molecule has 0 bridgehead atoms. The first kappa shape index (κ1) is 29.3. The van der Waals surface area contributed by atoms with Crippen LogP contribution < -0.4 is 15.0 Å². The Balaban J connectivity index is 1.39. The van der Waals surface area contributed by atoms with Gasteiger partial charge in [0.05, 0.1) is 22.9 Å². The van der Waals surface area contributed by atoms with Gasteiger partial charge in [-0.2, -0.15) is 18.0 Å². The van der Waals surface area contributed by atoms with Crippen LogP contribution in [0, 0.1) is 29.0 Å². The summed E-state index contributed by atoms with van der Waals surface area (Å²) in [7, 11) is -2.63. The minimum Gasteiger partial charge on any atom is -0.453 e. The fraction of sp³-hybridized carbons (Fsp3) is 0.429. The zero-order valence-electron chi connectivity index (χ0n) is 23.8. The van der Waals surface area contributed by atoms with Crippen LogP contribution in [-0.4, -0.2) is 65.6 Å². The number of hydrogen-bond donors (Lipinski definition) is 1. The van der Waals surface area contributed by atoms with Gasteiger partial charge in [-0.05, 0) is 51.1 Å². The van der Waals surface area contributed by atoms with Gasteiger partial charge in [-0.25, -0.2) is 14.2 Å². The van der Waals surface area contributed by atoms with Gasteiger partial charge < -0.3 is 14.4 Å². The quantitative estimate of drug-likeness (QED) is 0.432. The van der Waals surface area contributed by atoms with Gasteiger partial charge in [0.15, 0.2) is 11.6 Å². The lowest BCUT2D eigenvalue weighted by Gasteiger charge is -2.26. The Morgan fingerprint density at radius 2 is 1.93 bits per heavy atom. The van der Waals surface area contributed by atoms with Crippen molar-refractivity contribution in [3.8, 4) is 17.6 Å². The fourth-order valence-electron chi connectivity index (χ4n) is 5.13. The third-order valence-corrected chi connectivity index (χ3v) is 8.97. The van der Waals surface area contributed by atoms with Crippen LogP contribution in [0.25, 0.3) is 10.9 Å². The minimum absolute atomic E-state index is 0.0623. The van der Waals surface area contributed by atoms with Crippen molar-refractivity contribution < 1.29 is 27.1 Å². The molecule has 1 aliphatic carbocycles. The number of benzene rings is 2. The van der Waals surface area contributed by atoms with Crippen molar-refractivity contribution in [2.45, 2.75) is 39.3 Å². The number of nitriles is 1. The lowest BCUT2D eigenvalue weighted by atomic mass is 10.1. The number of carbonyl (C=O) groups is 1. The Labute approximate surface area is 242 Å². The molecule has 0 radical (unpaired) electrons. The maximum atomic E-state index is 14.9. The number of likely N-dealkylation sites (tertiary alicyclic amines) is 1. The molecular formula is C28H31FN6O6S. The fourth-order valence-corrected chi connectivity index (χ4v) is 6.08. The first-order chi connectivity index (χ1) is 19.7. The van der Waals surface area contributed by atoms with Crippen LogP contribution in [0.5, 0.6) is 11.5 Å². The molecule has 2 fully saturated rings. The summed E-state index contributed by atoms with van der Waals surface area (Å²) >= 11 is 0. The highest BCUT2D eigenvalue weighted by Gasteiger charge is 2.58. The van der Waals surface area contributed by atoms with E-state index in [2.05, 4.69) is 9.71 Å². The number of fused-ring (bicyclic) bond motifs is 2. The normalized spacial score (nSPS) is 19.9. The SMILES string of the molecule is CCN(C)S(=O)(=O)Nc1ccc(F)c(Oc2ccc3ncn(C4C5CN(C(=O)OC(C)(C)C)CC54)c(=O)c3c2)c1C#N. The number of nitrogens with zero attached hydrogens (tertiary/aromatic N) is 5. The third-order valence-electron chi connectivity index (χ3n) is 7.41. The van der Waals surface area contributed by atoms with Gasteiger partial charge in [0.25, 0.3) is 5.56 Å². The Hall–Kier alpha value is -4.22. The van der Waals surface area contributed by atoms with Crippen LogP contribution in [0.4, 0.5) is 14.9 Å². The molecule has 2 aromatic carbocycles. The summed E-state index contributed by atoms with van der Waals surface area (Å²) in [6, 6.07) is 8.25. The average Bonchev–Trinajstić information content (AvgIpc) is 3.39. The maximum absolute atomic E-state index is 14.9. The van der Waals surface area contributed by atoms with E-state index in [0.717, 1.165) is 16.4 Å². The molecule has 1 N–H and O–H groups in total. The van der Waals surface area contributed by atoms with E-state index in [0.29, 0.717) is 18.6 Å². The number of aromatic nitrogens is 2. The number of piperidine rings is 1. The van der Waals surface area contributed by atoms with E-state index >= 15 is 0 Å². The average molecular weight is 599 g/mol. The van der Waals surface area contributed by atoms with Crippen LogP contribution in [0.2, 0.25) is 0 Å². The van der Waals surface area contributed by atoms with Crippen LogP contribution in [0.15, 0.2) is 41.5 Å². The van der Waals surface area contributed by atoms with Gasteiger partial charge in [0.1, 0.15) is 23.0 Å². The van der Waals surface area contributed by atoms with E-state index in [1.165, 1.54) is 25.5 Å². The van der Waals surface area contributed by atoms with E-state index < -0.39 is 27.4 Å². The number of ether oxygens (including phenoxy) is 2. The van der Waals surface area contributed by atoms with Crippen LogP contribution in [0.1, 0.15) is 39.3 Å². The van der Waals surface area contributed by atoms with Crippen LogP contribution in [0.3, 0.4) is 0 Å². The summed E-state index contributed by atoms with van der Waals surface area (Å²) in [6.45, 7) is 8.19. The molecule has 2 heterocycles. The van der Waals surface area contributed by atoms with Crippen LogP contribution >= 0.6 is 0 Å². The number of hydrogen-bond acceptors (Lipinski definition) is 8. The van der Waals surface area contributed by atoms with E-state index in [-0.39, 0.29) is 58.5 Å². The molecule has 5 rings (SSSR count). The highest BCUT2D eigenvalue weighted by atomic mass is 32.2.